The molecule has 1 heterocycles. The van der Waals surface area contributed by atoms with Gasteiger partial charge in [0, 0.05) is 11.9 Å². The van der Waals surface area contributed by atoms with E-state index in [4.69, 9.17) is 5.73 Å². The molecule has 0 aliphatic rings. The minimum absolute atomic E-state index is 0.401. The number of nitrogens with two attached hydrogens (primary N) is 1. The van der Waals surface area contributed by atoms with E-state index in [2.05, 4.69) is 42.2 Å². The molecule has 1 unspecified atom stereocenters. The van der Waals surface area contributed by atoms with Gasteiger partial charge in [0.1, 0.15) is 0 Å². The van der Waals surface area contributed by atoms with Crippen molar-refractivity contribution in [3.05, 3.63) is 53.9 Å². The Morgan fingerprint density at radius 3 is 2.65 bits per heavy atom. The van der Waals surface area contributed by atoms with Crippen LogP contribution in [-0.4, -0.2) is 11.5 Å². The maximum absolute atomic E-state index is 5.71. The Kier molecular flexibility index (Phi) is 3.55. The molecular formula is C15H18N2. The molecule has 2 rings (SSSR count). The first kappa shape index (κ1) is 11.8. The summed E-state index contributed by atoms with van der Waals surface area (Å²) in [6.45, 7) is 4.84. The van der Waals surface area contributed by atoms with Crippen LogP contribution < -0.4 is 5.73 Å². The molecule has 0 saturated heterocycles. The van der Waals surface area contributed by atoms with Crippen LogP contribution in [0.1, 0.15) is 24.1 Å². The summed E-state index contributed by atoms with van der Waals surface area (Å²) < 4.78 is 0. The van der Waals surface area contributed by atoms with Crippen LogP contribution in [0.3, 0.4) is 0 Å². The van der Waals surface area contributed by atoms with Crippen molar-refractivity contribution in [1.29, 1.82) is 0 Å². The Hall–Kier alpha value is -1.67. The minimum Gasteiger partial charge on any atom is -0.330 e. The molecular weight excluding hydrogens is 208 g/mol. The predicted octanol–water partition coefficient (Wildman–Crippen LogP) is 3.12. The Morgan fingerprint density at radius 2 is 1.94 bits per heavy atom. The fraction of sp³-hybridized carbons (Fsp3) is 0.267. The molecule has 0 fully saturated rings. The summed E-state index contributed by atoms with van der Waals surface area (Å²) in [4.78, 5) is 4.22. The molecule has 0 bridgehead atoms. The van der Waals surface area contributed by atoms with E-state index < -0.39 is 0 Å². The monoisotopic (exact) mass is 226 g/mol. The highest BCUT2D eigenvalue weighted by Crippen LogP contribution is 2.23. The van der Waals surface area contributed by atoms with Gasteiger partial charge in [-0.3, -0.25) is 4.98 Å². The third kappa shape index (κ3) is 2.71. The second-order valence-electron chi connectivity index (χ2n) is 4.45. The number of benzene rings is 1. The second-order valence-corrected chi connectivity index (χ2v) is 4.45. The molecule has 0 amide bonds. The lowest BCUT2D eigenvalue weighted by molar-refractivity contribution is 0.774. The van der Waals surface area contributed by atoms with Crippen molar-refractivity contribution in [3.8, 4) is 11.1 Å². The van der Waals surface area contributed by atoms with Crippen molar-refractivity contribution in [2.75, 3.05) is 6.54 Å². The van der Waals surface area contributed by atoms with E-state index in [-0.39, 0.29) is 0 Å². The van der Waals surface area contributed by atoms with Crippen molar-refractivity contribution >= 4 is 0 Å². The molecule has 1 aromatic heterocycles. The van der Waals surface area contributed by atoms with Gasteiger partial charge in [-0.25, -0.2) is 0 Å². The van der Waals surface area contributed by atoms with Gasteiger partial charge in [-0.15, -0.1) is 0 Å². The van der Waals surface area contributed by atoms with Crippen LogP contribution in [0.25, 0.3) is 11.1 Å². The number of rotatable bonds is 3. The van der Waals surface area contributed by atoms with Crippen LogP contribution in [0.4, 0.5) is 0 Å². The number of pyridine rings is 1. The predicted molar refractivity (Wildman–Crippen MR) is 71.9 cm³/mol. The minimum atomic E-state index is 0.401. The lowest BCUT2D eigenvalue weighted by Gasteiger charge is -2.11. The van der Waals surface area contributed by atoms with Gasteiger partial charge in [0.15, 0.2) is 0 Å². The Bertz CT molecular complexity index is 506. The van der Waals surface area contributed by atoms with E-state index in [9.17, 15) is 0 Å². The lowest BCUT2D eigenvalue weighted by Crippen LogP contribution is -2.08. The fourth-order valence-electron chi connectivity index (χ4n) is 1.89. The molecule has 2 aromatic rings. The maximum atomic E-state index is 5.71. The molecule has 2 nitrogen and oxygen atoms in total. The largest absolute Gasteiger partial charge is 0.330 e. The number of aryl methyl sites for hydroxylation is 1. The Balaban J connectivity index is 2.39. The first-order valence-corrected chi connectivity index (χ1v) is 5.94. The van der Waals surface area contributed by atoms with Gasteiger partial charge >= 0.3 is 0 Å². The second kappa shape index (κ2) is 5.11. The average Bonchev–Trinajstić information content (AvgIpc) is 2.38. The molecule has 88 valence electrons. The van der Waals surface area contributed by atoms with Crippen LogP contribution in [0.15, 0.2) is 42.6 Å². The first-order chi connectivity index (χ1) is 8.20. The highest BCUT2D eigenvalue weighted by atomic mass is 14.6. The van der Waals surface area contributed by atoms with Crippen LogP contribution in [0.5, 0.6) is 0 Å². The van der Waals surface area contributed by atoms with Crippen molar-refractivity contribution < 1.29 is 0 Å². The van der Waals surface area contributed by atoms with E-state index in [1.54, 1.807) is 0 Å². The molecule has 0 radical (unpaired) electrons. The van der Waals surface area contributed by atoms with Crippen molar-refractivity contribution in [1.82, 2.24) is 4.98 Å². The molecule has 1 aromatic carbocycles. The lowest BCUT2D eigenvalue weighted by atomic mass is 9.96. The molecule has 2 N–H and O–H groups in total. The van der Waals surface area contributed by atoms with Gasteiger partial charge < -0.3 is 5.73 Å². The summed E-state index contributed by atoms with van der Waals surface area (Å²) in [5.41, 5.74) is 10.5. The standard InChI is InChI=1S/C15H18N2/c1-11(10-16)13-4-3-5-14(9-13)15-6-7-17-12(2)8-15/h3-9,11H,10,16H2,1-2H3. The van der Waals surface area contributed by atoms with Crippen LogP contribution in [0.2, 0.25) is 0 Å². The Morgan fingerprint density at radius 1 is 1.18 bits per heavy atom. The number of aromatic nitrogens is 1. The van der Waals surface area contributed by atoms with E-state index in [0.717, 1.165) is 5.69 Å². The molecule has 0 aliphatic carbocycles. The first-order valence-electron chi connectivity index (χ1n) is 5.94. The van der Waals surface area contributed by atoms with Gasteiger partial charge in [0.2, 0.25) is 0 Å². The summed E-state index contributed by atoms with van der Waals surface area (Å²) in [5, 5.41) is 0. The van der Waals surface area contributed by atoms with Gasteiger partial charge in [-0.05, 0) is 48.2 Å². The summed E-state index contributed by atoms with van der Waals surface area (Å²) in [5.74, 6) is 0.401. The maximum Gasteiger partial charge on any atom is 0.0378 e. The summed E-state index contributed by atoms with van der Waals surface area (Å²) >= 11 is 0. The molecule has 0 aliphatic heterocycles. The van der Waals surface area contributed by atoms with E-state index in [1.165, 1.54) is 16.7 Å². The quantitative estimate of drug-likeness (QED) is 0.873. The van der Waals surface area contributed by atoms with Crippen molar-refractivity contribution in [2.24, 2.45) is 5.73 Å². The average molecular weight is 226 g/mol. The van der Waals surface area contributed by atoms with E-state index in [0.29, 0.717) is 12.5 Å². The number of hydrogen-bond donors (Lipinski definition) is 1. The van der Waals surface area contributed by atoms with Gasteiger partial charge in [0.05, 0.1) is 0 Å². The highest BCUT2D eigenvalue weighted by Gasteiger charge is 2.05. The van der Waals surface area contributed by atoms with Crippen LogP contribution in [0, 0.1) is 6.92 Å². The summed E-state index contributed by atoms with van der Waals surface area (Å²) in [7, 11) is 0. The zero-order valence-electron chi connectivity index (χ0n) is 10.4. The van der Waals surface area contributed by atoms with Crippen LogP contribution >= 0.6 is 0 Å². The zero-order chi connectivity index (χ0) is 12.3. The zero-order valence-corrected chi connectivity index (χ0v) is 10.4. The molecule has 0 saturated carbocycles. The van der Waals surface area contributed by atoms with Gasteiger partial charge in [-0.1, -0.05) is 31.2 Å². The number of hydrogen-bond acceptors (Lipinski definition) is 2. The highest BCUT2D eigenvalue weighted by molar-refractivity contribution is 5.64. The van der Waals surface area contributed by atoms with Crippen LogP contribution in [-0.2, 0) is 0 Å². The molecule has 2 heteroatoms. The SMILES string of the molecule is Cc1cc(-c2cccc(C(C)CN)c2)ccn1. The van der Waals surface area contributed by atoms with Gasteiger partial charge in [-0.2, -0.15) is 0 Å². The summed E-state index contributed by atoms with van der Waals surface area (Å²) in [6.07, 6.45) is 1.85. The Labute approximate surface area is 103 Å². The molecule has 0 spiro atoms. The third-order valence-electron chi connectivity index (χ3n) is 3.04. The van der Waals surface area contributed by atoms with E-state index >= 15 is 0 Å². The van der Waals surface area contributed by atoms with Gasteiger partial charge in [0.25, 0.3) is 0 Å². The van der Waals surface area contributed by atoms with E-state index in [1.807, 2.05) is 19.2 Å². The number of nitrogens with zero attached hydrogens (tertiary/aromatic N) is 1. The normalized spacial score (nSPS) is 12.4. The molecule has 1 atom stereocenters. The van der Waals surface area contributed by atoms with Crippen molar-refractivity contribution in [3.63, 3.8) is 0 Å². The smallest absolute Gasteiger partial charge is 0.0378 e. The molecule has 17 heavy (non-hydrogen) atoms. The van der Waals surface area contributed by atoms with Crippen molar-refractivity contribution in [2.45, 2.75) is 19.8 Å². The fourth-order valence-corrected chi connectivity index (χ4v) is 1.89. The third-order valence-corrected chi connectivity index (χ3v) is 3.04. The topological polar surface area (TPSA) is 38.9 Å². The summed E-state index contributed by atoms with van der Waals surface area (Å²) in [6, 6.07) is 12.7.